The number of hydrogen-bond donors (Lipinski definition) is 0. The third kappa shape index (κ3) is 2.42. The fourth-order valence-electron chi connectivity index (χ4n) is 2.72. The van der Waals surface area contributed by atoms with Crippen molar-refractivity contribution >= 4 is 15.9 Å². The van der Waals surface area contributed by atoms with Crippen LogP contribution < -0.4 is 4.74 Å². The van der Waals surface area contributed by atoms with Crippen LogP contribution in [0.15, 0.2) is 46.9 Å². The summed E-state index contributed by atoms with van der Waals surface area (Å²) in [6.45, 7) is 2.98. The summed E-state index contributed by atoms with van der Waals surface area (Å²) in [7, 11) is 0. The first-order chi connectivity index (χ1) is 9.29. The Morgan fingerprint density at radius 2 is 1.95 bits per heavy atom. The molecule has 0 fully saturated rings. The first-order valence-electron chi connectivity index (χ1n) is 6.79. The largest absolute Gasteiger partial charge is 0.492 e. The van der Waals surface area contributed by atoms with Gasteiger partial charge in [-0.1, -0.05) is 43.3 Å². The van der Waals surface area contributed by atoms with Crippen molar-refractivity contribution in [2.24, 2.45) is 0 Å². The van der Waals surface area contributed by atoms with Crippen LogP contribution in [0.4, 0.5) is 0 Å². The fourth-order valence-corrected chi connectivity index (χ4v) is 3.21. The Labute approximate surface area is 122 Å². The lowest BCUT2D eigenvalue weighted by molar-refractivity contribution is 0.275. The highest BCUT2D eigenvalue weighted by molar-refractivity contribution is 9.10. The van der Waals surface area contributed by atoms with Gasteiger partial charge in [0.05, 0.1) is 11.1 Å². The van der Waals surface area contributed by atoms with Crippen LogP contribution in [0.1, 0.15) is 36.0 Å². The van der Waals surface area contributed by atoms with E-state index in [1.54, 1.807) is 0 Å². The Bertz CT molecular complexity index is 574. The molecule has 0 spiro atoms. The molecule has 1 unspecified atom stereocenters. The summed E-state index contributed by atoms with van der Waals surface area (Å²) in [5, 5.41) is 0. The van der Waals surface area contributed by atoms with Crippen molar-refractivity contribution in [3.05, 3.63) is 63.6 Å². The molecule has 0 saturated carbocycles. The second-order valence-electron chi connectivity index (χ2n) is 4.94. The molecule has 2 aromatic rings. The SMILES string of the molecule is CCc1ccc(C2CCOc3c(Br)cccc32)cc1. The molecule has 0 amide bonds. The Morgan fingerprint density at radius 1 is 1.16 bits per heavy atom. The quantitative estimate of drug-likeness (QED) is 0.763. The van der Waals surface area contributed by atoms with Crippen molar-refractivity contribution in [2.45, 2.75) is 25.7 Å². The number of hydrogen-bond acceptors (Lipinski definition) is 1. The molecule has 19 heavy (non-hydrogen) atoms. The van der Waals surface area contributed by atoms with Gasteiger partial charge < -0.3 is 4.74 Å². The van der Waals surface area contributed by atoms with Gasteiger partial charge in [-0.15, -0.1) is 0 Å². The van der Waals surface area contributed by atoms with Crippen LogP contribution >= 0.6 is 15.9 Å². The predicted molar refractivity (Wildman–Crippen MR) is 81.9 cm³/mol. The molecule has 3 rings (SSSR count). The van der Waals surface area contributed by atoms with Gasteiger partial charge in [-0.2, -0.15) is 0 Å². The van der Waals surface area contributed by atoms with Crippen molar-refractivity contribution in [1.82, 2.24) is 0 Å². The topological polar surface area (TPSA) is 9.23 Å². The van der Waals surface area contributed by atoms with E-state index in [9.17, 15) is 0 Å². The molecule has 0 saturated heterocycles. The molecule has 1 nitrogen and oxygen atoms in total. The summed E-state index contributed by atoms with van der Waals surface area (Å²) in [4.78, 5) is 0. The Hall–Kier alpha value is -1.28. The van der Waals surface area contributed by atoms with E-state index in [0.717, 1.165) is 29.7 Å². The van der Waals surface area contributed by atoms with Gasteiger partial charge in [-0.3, -0.25) is 0 Å². The van der Waals surface area contributed by atoms with Crippen molar-refractivity contribution in [3.63, 3.8) is 0 Å². The first kappa shape index (κ1) is 12.7. The Morgan fingerprint density at radius 3 is 2.68 bits per heavy atom. The van der Waals surface area contributed by atoms with Crippen LogP contribution in [0.5, 0.6) is 5.75 Å². The van der Waals surface area contributed by atoms with E-state index in [0.29, 0.717) is 5.92 Å². The number of ether oxygens (including phenoxy) is 1. The summed E-state index contributed by atoms with van der Waals surface area (Å²) in [5.41, 5.74) is 4.08. The molecule has 1 aliphatic rings. The van der Waals surface area contributed by atoms with E-state index in [-0.39, 0.29) is 0 Å². The van der Waals surface area contributed by atoms with Gasteiger partial charge in [-0.25, -0.2) is 0 Å². The molecule has 0 radical (unpaired) electrons. The van der Waals surface area contributed by atoms with E-state index < -0.39 is 0 Å². The zero-order valence-corrected chi connectivity index (χ0v) is 12.6. The summed E-state index contributed by atoms with van der Waals surface area (Å²) < 4.78 is 6.86. The monoisotopic (exact) mass is 316 g/mol. The summed E-state index contributed by atoms with van der Waals surface area (Å²) in [6.07, 6.45) is 2.14. The van der Waals surface area contributed by atoms with Gasteiger partial charge in [0, 0.05) is 11.5 Å². The maximum atomic E-state index is 5.80. The third-order valence-electron chi connectivity index (χ3n) is 3.82. The third-order valence-corrected chi connectivity index (χ3v) is 4.44. The average molecular weight is 317 g/mol. The fraction of sp³-hybridized carbons (Fsp3) is 0.294. The lowest BCUT2D eigenvalue weighted by Gasteiger charge is -2.27. The van der Waals surface area contributed by atoms with Crippen molar-refractivity contribution in [3.8, 4) is 5.75 Å². The molecule has 0 N–H and O–H groups in total. The second kappa shape index (κ2) is 5.38. The van der Waals surface area contributed by atoms with Crippen LogP contribution in [0.3, 0.4) is 0 Å². The predicted octanol–water partition coefficient (Wildman–Crippen LogP) is 4.93. The molecule has 2 aromatic carbocycles. The standard InChI is InChI=1S/C17H17BrO/c1-2-12-6-8-13(9-7-12)14-10-11-19-17-15(14)4-3-5-16(17)18/h3-9,14H,2,10-11H2,1H3. The molecule has 1 heterocycles. The molecule has 98 valence electrons. The highest BCUT2D eigenvalue weighted by Crippen LogP contribution is 2.41. The van der Waals surface area contributed by atoms with E-state index >= 15 is 0 Å². The minimum absolute atomic E-state index is 0.451. The van der Waals surface area contributed by atoms with Gasteiger partial charge in [-0.05, 0) is 46.0 Å². The minimum Gasteiger partial charge on any atom is -0.492 e. The van der Waals surface area contributed by atoms with Crippen LogP contribution in [0, 0.1) is 0 Å². The number of benzene rings is 2. The molecular formula is C17H17BrO. The molecular weight excluding hydrogens is 300 g/mol. The van der Waals surface area contributed by atoms with E-state index in [2.05, 4.69) is 59.3 Å². The highest BCUT2D eigenvalue weighted by Gasteiger charge is 2.24. The molecule has 1 aliphatic heterocycles. The summed E-state index contributed by atoms with van der Waals surface area (Å²) >= 11 is 3.58. The zero-order chi connectivity index (χ0) is 13.2. The number of halogens is 1. The van der Waals surface area contributed by atoms with Crippen molar-refractivity contribution < 1.29 is 4.74 Å². The average Bonchev–Trinajstić information content (AvgIpc) is 2.47. The Kier molecular flexibility index (Phi) is 3.61. The maximum absolute atomic E-state index is 5.80. The van der Waals surface area contributed by atoms with E-state index in [4.69, 9.17) is 4.74 Å². The van der Waals surface area contributed by atoms with Crippen molar-refractivity contribution in [1.29, 1.82) is 0 Å². The molecule has 0 aliphatic carbocycles. The molecule has 1 atom stereocenters. The number of fused-ring (bicyclic) bond motifs is 1. The lowest BCUT2D eigenvalue weighted by atomic mass is 9.86. The summed E-state index contributed by atoms with van der Waals surface area (Å²) in [6, 6.07) is 15.3. The van der Waals surface area contributed by atoms with Crippen LogP contribution in [0.25, 0.3) is 0 Å². The van der Waals surface area contributed by atoms with Gasteiger partial charge in [0.2, 0.25) is 0 Å². The number of aryl methyl sites for hydroxylation is 1. The normalized spacial score (nSPS) is 17.7. The summed E-state index contributed by atoms with van der Waals surface area (Å²) in [5.74, 6) is 1.46. The van der Waals surface area contributed by atoms with Gasteiger partial charge in [0.1, 0.15) is 5.75 Å². The van der Waals surface area contributed by atoms with Crippen LogP contribution in [-0.2, 0) is 6.42 Å². The smallest absolute Gasteiger partial charge is 0.137 e. The van der Waals surface area contributed by atoms with Gasteiger partial charge in [0.25, 0.3) is 0 Å². The number of para-hydroxylation sites is 1. The van der Waals surface area contributed by atoms with Gasteiger partial charge in [0.15, 0.2) is 0 Å². The first-order valence-corrected chi connectivity index (χ1v) is 7.59. The molecule has 2 heteroatoms. The maximum Gasteiger partial charge on any atom is 0.137 e. The zero-order valence-electron chi connectivity index (χ0n) is 11.0. The Balaban J connectivity index is 2.01. The molecule has 0 bridgehead atoms. The molecule has 0 aromatic heterocycles. The van der Waals surface area contributed by atoms with Crippen molar-refractivity contribution in [2.75, 3.05) is 6.61 Å². The van der Waals surface area contributed by atoms with Crippen LogP contribution in [-0.4, -0.2) is 6.61 Å². The van der Waals surface area contributed by atoms with Gasteiger partial charge >= 0.3 is 0 Å². The van der Waals surface area contributed by atoms with E-state index in [1.165, 1.54) is 16.7 Å². The second-order valence-corrected chi connectivity index (χ2v) is 5.80. The minimum atomic E-state index is 0.451. The van der Waals surface area contributed by atoms with Crippen LogP contribution in [0.2, 0.25) is 0 Å². The van der Waals surface area contributed by atoms with E-state index in [1.807, 2.05) is 6.07 Å². The lowest BCUT2D eigenvalue weighted by Crippen LogP contribution is -2.15. The number of rotatable bonds is 2. The highest BCUT2D eigenvalue weighted by atomic mass is 79.9.